The van der Waals surface area contributed by atoms with Gasteiger partial charge in [-0.2, -0.15) is 0 Å². The third kappa shape index (κ3) is 2.74. The zero-order valence-corrected chi connectivity index (χ0v) is 11.5. The molecule has 0 aromatic heterocycles. The number of amides is 1. The first-order valence-electron chi connectivity index (χ1n) is 5.40. The molecule has 1 aromatic rings. The fourth-order valence-corrected chi connectivity index (χ4v) is 2.14. The molecule has 4 heteroatoms. The topological polar surface area (TPSA) is 23.6 Å². The fourth-order valence-electron chi connectivity index (χ4n) is 1.78. The Bertz CT molecular complexity index is 369. The molecule has 86 valence electrons. The van der Waals surface area contributed by atoms with Gasteiger partial charge in [0.25, 0.3) is 5.91 Å². The number of nitrogens with zero attached hydrogens (tertiary/aromatic N) is 2. The normalized spacial score (nSPS) is 17.5. The van der Waals surface area contributed by atoms with Gasteiger partial charge >= 0.3 is 0 Å². The summed E-state index contributed by atoms with van der Waals surface area (Å²) in [5, 5.41) is 0. The number of hydrogen-bond acceptors (Lipinski definition) is 2. The largest absolute Gasteiger partial charge is 0.336 e. The van der Waals surface area contributed by atoms with E-state index in [0.717, 1.165) is 35.3 Å². The maximum absolute atomic E-state index is 12.1. The fraction of sp³-hybridized carbons (Fsp3) is 0.417. The lowest BCUT2D eigenvalue weighted by Crippen LogP contribution is -2.47. The van der Waals surface area contributed by atoms with E-state index >= 15 is 0 Å². The van der Waals surface area contributed by atoms with Gasteiger partial charge in [0, 0.05) is 35.3 Å². The molecule has 0 unspecified atom stereocenters. The van der Waals surface area contributed by atoms with Crippen LogP contribution in [0.3, 0.4) is 0 Å². The number of hydrogen-bond donors (Lipinski definition) is 0. The van der Waals surface area contributed by atoms with Gasteiger partial charge in [0.1, 0.15) is 0 Å². The third-order valence-corrected chi connectivity index (χ3v) is 3.60. The summed E-state index contributed by atoms with van der Waals surface area (Å²) in [5.41, 5.74) is 0.796. The Balaban J connectivity index is 2.05. The number of benzene rings is 1. The summed E-state index contributed by atoms with van der Waals surface area (Å²) in [7, 11) is 2.09. The summed E-state index contributed by atoms with van der Waals surface area (Å²) in [5.74, 6) is 0.157. The summed E-state index contributed by atoms with van der Waals surface area (Å²) in [6, 6.07) is 7.76. The average Bonchev–Trinajstić information content (AvgIpc) is 2.30. The standard InChI is InChI=1S/C12H15IN2O/c1-14-6-8-15(9-7-14)12(16)10-2-4-11(13)5-3-10/h2-5H,6-9H2,1H3. The van der Waals surface area contributed by atoms with E-state index in [9.17, 15) is 4.79 Å². The molecular weight excluding hydrogens is 315 g/mol. The first-order chi connectivity index (χ1) is 7.66. The van der Waals surface area contributed by atoms with E-state index in [1.54, 1.807) is 0 Å². The summed E-state index contributed by atoms with van der Waals surface area (Å²) in [6.45, 7) is 3.61. The van der Waals surface area contributed by atoms with Gasteiger partial charge in [-0.1, -0.05) is 0 Å². The van der Waals surface area contributed by atoms with Crippen molar-refractivity contribution in [1.82, 2.24) is 9.80 Å². The zero-order chi connectivity index (χ0) is 11.5. The predicted octanol–water partition coefficient (Wildman–Crippen LogP) is 1.68. The minimum Gasteiger partial charge on any atom is -0.336 e. The van der Waals surface area contributed by atoms with E-state index in [-0.39, 0.29) is 5.91 Å². The smallest absolute Gasteiger partial charge is 0.253 e. The van der Waals surface area contributed by atoms with E-state index in [1.807, 2.05) is 29.2 Å². The molecule has 0 spiro atoms. The lowest BCUT2D eigenvalue weighted by Gasteiger charge is -2.32. The van der Waals surface area contributed by atoms with Gasteiger partial charge in [-0.15, -0.1) is 0 Å². The van der Waals surface area contributed by atoms with Crippen LogP contribution in [0.25, 0.3) is 0 Å². The van der Waals surface area contributed by atoms with Crippen LogP contribution in [0.1, 0.15) is 10.4 Å². The van der Waals surface area contributed by atoms with Crippen molar-refractivity contribution in [3.8, 4) is 0 Å². The molecule has 1 aromatic carbocycles. The summed E-state index contributed by atoms with van der Waals surface area (Å²) in [4.78, 5) is 16.3. The van der Waals surface area contributed by atoms with Gasteiger partial charge in [0.05, 0.1) is 0 Å². The second kappa shape index (κ2) is 5.14. The van der Waals surface area contributed by atoms with Gasteiger partial charge in [-0.25, -0.2) is 0 Å². The molecule has 0 atom stereocenters. The summed E-state index contributed by atoms with van der Waals surface area (Å²) < 4.78 is 1.16. The van der Waals surface area contributed by atoms with E-state index in [2.05, 4.69) is 34.5 Å². The summed E-state index contributed by atoms with van der Waals surface area (Å²) >= 11 is 2.25. The molecule has 0 saturated carbocycles. The Hall–Kier alpha value is -0.620. The van der Waals surface area contributed by atoms with Crippen LogP contribution in [-0.4, -0.2) is 48.9 Å². The average molecular weight is 330 g/mol. The van der Waals surface area contributed by atoms with Crippen LogP contribution in [0.2, 0.25) is 0 Å². The molecule has 16 heavy (non-hydrogen) atoms. The number of halogens is 1. The van der Waals surface area contributed by atoms with Gasteiger partial charge in [-0.05, 0) is 53.9 Å². The predicted molar refractivity (Wildman–Crippen MR) is 72.6 cm³/mol. The van der Waals surface area contributed by atoms with Crippen molar-refractivity contribution in [1.29, 1.82) is 0 Å². The van der Waals surface area contributed by atoms with Gasteiger partial charge < -0.3 is 9.80 Å². The quantitative estimate of drug-likeness (QED) is 0.732. The lowest BCUT2D eigenvalue weighted by molar-refractivity contribution is 0.0664. The first kappa shape index (κ1) is 11.9. The number of rotatable bonds is 1. The third-order valence-electron chi connectivity index (χ3n) is 2.88. The minimum atomic E-state index is 0.157. The van der Waals surface area contributed by atoms with Crippen LogP contribution in [0.15, 0.2) is 24.3 Å². The second-order valence-corrected chi connectivity index (χ2v) is 5.35. The molecular formula is C12H15IN2O. The maximum atomic E-state index is 12.1. The Morgan fingerprint density at radius 3 is 2.25 bits per heavy atom. The van der Waals surface area contributed by atoms with E-state index < -0.39 is 0 Å². The highest BCUT2D eigenvalue weighted by atomic mass is 127. The SMILES string of the molecule is CN1CCN(C(=O)c2ccc(I)cc2)CC1. The molecule has 1 heterocycles. The molecule has 2 rings (SSSR count). The molecule has 0 N–H and O–H groups in total. The lowest BCUT2D eigenvalue weighted by atomic mass is 10.2. The molecule has 0 bridgehead atoms. The van der Waals surface area contributed by atoms with Crippen molar-refractivity contribution in [3.05, 3.63) is 33.4 Å². The van der Waals surface area contributed by atoms with Crippen molar-refractivity contribution < 1.29 is 4.79 Å². The van der Waals surface area contributed by atoms with E-state index in [1.165, 1.54) is 0 Å². The molecule has 0 aliphatic carbocycles. The van der Waals surface area contributed by atoms with Crippen LogP contribution < -0.4 is 0 Å². The molecule has 1 aliphatic rings. The van der Waals surface area contributed by atoms with Crippen LogP contribution in [0, 0.1) is 3.57 Å². The van der Waals surface area contributed by atoms with Crippen LogP contribution in [0.5, 0.6) is 0 Å². The number of likely N-dealkylation sites (N-methyl/N-ethyl adjacent to an activating group) is 1. The Labute approximate surface area is 110 Å². The van der Waals surface area contributed by atoms with Crippen molar-refractivity contribution in [2.24, 2.45) is 0 Å². The summed E-state index contributed by atoms with van der Waals surface area (Å²) in [6.07, 6.45) is 0. The Morgan fingerprint density at radius 2 is 1.69 bits per heavy atom. The number of carbonyl (C=O) groups is 1. The highest BCUT2D eigenvalue weighted by molar-refractivity contribution is 14.1. The molecule has 1 amide bonds. The number of piperazine rings is 1. The van der Waals surface area contributed by atoms with Gasteiger partial charge in [0.15, 0.2) is 0 Å². The van der Waals surface area contributed by atoms with Crippen molar-refractivity contribution in [3.63, 3.8) is 0 Å². The van der Waals surface area contributed by atoms with Crippen molar-refractivity contribution in [2.45, 2.75) is 0 Å². The van der Waals surface area contributed by atoms with E-state index in [4.69, 9.17) is 0 Å². The van der Waals surface area contributed by atoms with Crippen molar-refractivity contribution >= 4 is 28.5 Å². The molecule has 3 nitrogen and oxygen atoms in total. The monoisotopic (exact) mass is 330 g/mol. The molecule has 1 aliphatic heterocycles. The van der Waals surface area contributed by atoms with E-state index in [0.29, 0.717) is 0 Å². The van der Waals surface area contributed by atoms with Crippen LogP contribution in [-0.2, 0) is 0 Å². The molecule has 1 fully saturated rings. The van der Waals surface area contributed by atoms with Gasteiger partial charge in [0.2, 0.25) is 0 Å². The highest BCUT2D eigenvalue weighted by Crippen LogP contribution is 2.10. The molecule has 1 saturated heterocycles. The Kier molecular flexibility index (Phi) is 3.81. The van der Waals surface area contributed by atoms with Crippen molar-refractivity contribution in [2.75, 3.05) is 33.2 Å². The number of carbonyl (C=O) groups excluding carboxylic acids is 1. The second-order valence-electron chi connectivity index (χ2n) is 4.10. The van der Waals surface area contributed by atoms with Crippen LogP contribution in [0.4, 0.5) is 0 Å². The Morgan fingerprint density at radius 1 is 1.12 bits per heavy atom. The van der Waals surface area contributed by atoms with Gasteiger partial charge in [-0.3, -0.25) is 4.79 Å². The zero-order valence-electron chi connectivity index (χ0n) is 9.32. The molecule has 0 radical (unpaired) electrons. The minimum absolute atomic E-state index is 0.157. The first-order valence-corrected chi connectivity index (χ1v) is 6.48. The van der Waals surface area contributed by atoms with Crippen LogP contribution >= 0.6 is 22.6 Å². The maximum Gasteiger partial charge on any atom is 0.253 e. The highest BCUT2D eigenvalue weighted by Gasteiger charge is 2.19.